The van der Waals surface area contributed by atoms with E-state index in [1.807, 2.05) is 6.92 Å². The highest BCUT2D eigenvalue weighted by Crippen LogP contribution is 2.26. The van der Waals surface area contributed by atoms with E-state index in [1.54, 1.807) is 12.1 Å². The summed E-state index contributed by atoms with van der Waals surface area (Å²) in [5, 5.41) is 4.22. The van der Waals surface area contributed by atoms with Gasteiger partial charge in [-0.25, -0.2) is 4.39 Å². The molecule has 0 unspecified atom stereocenters. The van der Waals surface area contributed by atoms with Gasteiger partial charge < -0.3 is 9.73 Å². The number of rotatable bonds is 2. The normalized spacial score (nSPS) is 17.4. The van der Waals surface area contributed by atoms with E-state index in [0.717, 1.165) is 55.0 Å². The van der Waals surface area contributed by atoms with Crippen LogP contribution in [0.2, 0.25) is 0 Å². The van der Waals surface area contributed by atoms with Crippen molar-refractivity contribution in [1.82, 2.24) is 10.2 Å². The smallest absolute Gasteiger partial charge is 0.134 e. The van der Waals surface area contributed by atoms with Gasteiger partial charge >= 0.3 is 0 Å². The fraction of sp³-hybridized carbons (Fsp3) is 0.429. The molecule has 4 heteroatoms. The van der Waals surface area contributed by atoms with Gasteiger partial charge in [0.15, 0.2) is 0 Å². The number of nitrogens with one attached hydrogen (secondary N) is 1. The van der Waals surface area contributed by atoms with E-state index in [4.69, 9.17) is 4.42 Å². The maximum absolute atomic E-state index is 13.2. The highest BCUT2D eigenvalue weighted by Gasteiger charge is 2.16. The second-order valence-corrected chi connectivity index (χ2v) is 4.82. The van der Waals surface area contributed by atoms with Crippen molar-refractivity contribution in [3.8, 4) is 0 Å². The Hall–Kier alpha value is -1.39. The van der Waals surface area contributed by atoms with E-state index in [0.29, 0.717) is 0 Å². The Bertz CT molecular complexity index is 558. The highest BCUT2D eigenvalue weighted by atomic mass is 19.1. The zero-order valence-corrected chi connectivity index (χ0v) is 10.5. The van der Waals surface area contributed by atoms with Crippen LogP contribution >= 0.6 is 0 Å². The van der Waals surface area contributed by atoms with E-state index in [-0.39, 0.29) is 5.82 Å². The molecule has 0 spiro atoms. The Morgan fingerprint density at radius 1 is 1.33 bits per heavy atom. The summed E-state index contributed by atoms with van der Waals surface area (Å²) in [5.41, 5.74) is 1.84. The van der Waals surface area contributed by atoms with Crippen molar-refractivity contribution in [2.75, 3.05) is 26.2 Å². The standard InChI is InChI=1S/C14H17FN2O/c1-10-12-8-11(15)2-3-13(12)18-14(10)9-17-6-4-16-5-7-17/h2-3,8,16H,4-7,9H2,1H3. The zero-order chi connectivity index (χ0) is 12.5. The van der Waals surface area contributed by atoms with Crippen LogP contribution in [0.3, 0.4) is 0 Å². The molecule has 0 bridgehead atoms. The summed E-state index contributed by atoms with van der Waals surface area (Å²) < 4.78 is 19.1. The van der Waals surface area contributed by atoms with Crippen LogP contribution in [-0.4, -0.2) is 31.1 Å². The molecule has 1 fully saturated rings. The van der Waals surface area contributed by atoms with Gasteiger partial charge in [0.05, 0.1) is 6.54 Å². The third-order valence-electron chi connectivity index (χ3n) is 3.57. The van der Waals surface area contributed by atoms with Gasteiger partial charge in [-0.15, -0.1) is 0 Å². The number of halogens is 1. The second kappa shape index (κ2) is 4.71. The number of nitrogens with zero attached hydrogens (tertiary/aromatic N) is 1. The monoisotopic (exact) mass is 248 g/mol. The van der Waals surface area contributed by atoms with Crippen LogP contribution in [0.25, 0.3) is 11.0 Å². The molecule has 0 atom stereocenters. The average molecular weight is 248 g/mol. The van der Waals surface area contributed by atoms with Gasteiger partial charge in [-0.2, -0.15) is 0 Å². The van der Waals surface area contributed by atoms with Gasteiger partial charge in [0, 0.05) is 31.6 Å². The Balaban J connectivity index is 1.89. The summed E-state index contributed by atoms with van der Waals surface area (Å²) in [6.45, 7) is 6.92. The third-order valence-corrected chi connectivity index (χ3v) is 3.57. The van der Waals surface area contributed by atoms with E-state index < -0.39 is 0 Å². The fourth-order valence-electron chi connectivity index (χ4n) is 2.47. The molecule has 3 rings (SSSR count). The predicted octanol–water partition coefficient (Wildman–Crippen LogP) is 2.29. The molecule has 2 aromatic rings. The van der Waals surface area contributed by atoms with Crippen molar-refractivity contribution < 1.29 is 8.81 Å². The molecular formula is C14H17FN2O. The van der Waals surface area contributed by atoms with Gasteiger partial charge in [0.2, 0.25) is 0 Å². The van der Waals surface area contributed by atoms with Crippen molar-refractivity contribution >= 4 is 11.0 Å². The van der Waals surface area contributed by atoms with Crippen molar-refractivity contribution in [3.05, 3.63) is 35.3 Å². The van der Waals surface area contributed by atoms with Gasteiger partial charge in [-0.1, -0.05) is 0 Å². The molecule has 0 radical (unpaired) electrons. The van der Waals surface area contributed by atoms with E-state index in [1.165, 1.54) is 6.07 Å². The molecule has 3 nitrogen and oxygen atoms in total. The topological polar surface area (TPSA) is 28.4 Å². The summed E-state index contributed by atoms with van der Waals surface area (Å²) in [6, 6.07) is 4.70. The van der Waals surface area contributed by atoms with E-state index >= 15 is 0 Å². The number of fused-ring (bicyclic) bond motifs is 1. The van der Waals surface area contributed by atoms with Crippen LogP contribution < -0.4 is 5.32 Å². The molecule has 1 saturated heterocycles. The zero-order valence-electron chi connectivity index (χ0n) is 10.5. The summed E-state index contributed by atoms with van der Waals surface area (Å²) >= 11 is 0. The third kappa shape index (κ3) is 2.13. The van der Waals surface area contributed by atoms with Gasteiger partial charge in [0.25, 0.3) is 0 Å². The summed E-state index contributed by atoms with van der Waals surface area (Å²) in [6.07, 6.45) is 0. The van der Waals surface area contributed by atoms with E-state index in [9.17, 15) is 4.39 Å². The molecule has 0 saturated carbocycles. The first kappa shape index (κ1) is 11.7. The van der Waals surface area contributed by atoms with Crippen molar-refractivity contribution in [2.45, 2.75) is 13.5 Å². The van der Waals surface area contributed by atoms with Gasteiger partial charge in [0.1, 0.15) is 17.2 Å². The first-order chi connectivity index (χ1) is 8.74. The minimum atomic E-state index is -0.208. The number of hydrogen-bond acceptors (Lipinski definition) is 3. The first-order valence-electron chi connectivity index (χ1n) is 6.34. The highest BCUT2D eigenvalue weighted by molar-refractivity contribution is 5.82. The lowest BCUT2D eigenvalue weighted by molar-refractivity contribution is 0.217. The van der Waals surface area contributed by atoms with Crippen molar-refractivity contribution in [1.29, 1.82) is 0 Å². The Morgan fingerprint density at radius 3 is 2.89 bits per heavy atom. The lowest BCUT2D eigenvalue weighted by Crippen LogP contribution is -2.42. The SMILES string of the molecule is Cc1c(CN2CCNCC2)oc2ccc(F)cc12. The second-order valence-electron chi connectivity index (χ2n) is 4.82. The molecule has 1 aliphatic heterocycles. The van der Waals surface area contributed by atoms with Gasteiger partial charge in [-0.3, -0.25) is 4.90 Å². The van der Waals surface area contributed by atoms with Crippen LogP contribution in [0, 0.1) is 12.7 Å². The fourth-order valence-corrected chi connectivity index (χ4v) is 2.47. The molecule has 18 heavy (non-hydrogen) atoms. The molecule has 1 aromatic heterocycles. The first-order valence-corrected chi connectivity index (χ1v) is 6.34. The van der Waals surface area contributed by atoms with E-state index in [2.05, 4.69) is 10.2 Å². The maximum Gasteiger partial charge on any atom is 0.134 e. The van der Waals surface area contributed by atoms with Crippen LogP contribution in [-0.2, 0) is 6.54 Å². The molecule has 0 amide bonds. The summed E-state index contributed by atoms with van der Waals surface area (Å²) in [7, 11) is 0. The van der Waals surface area contributed by atoms with Crippen LogP contribution in [0.15, 0.2) is 22.6 Å². The quantitative estimate of drug-likeness (QED) is 0.884. The Labute approximate surface area is 106 Å². The molecule has 1 aromatic carbocycles. The van der Waals surface area contributed by atoms with Crippen LogP contribution in [0.5, 0.6) is 0 Å². The molecular weight excluding hydrogens is 231 g/mol. The average Bonchev–Trinajstić information content (AvgIpc) is 2.68. The van der Waals surface area contributed by atoms with Crippen molar-refractivity contribution in [2.24, 2.45) is 0 Å². The molecule has 96 valence electrons. The number of hydrogen-bond donors (Lipinski definition) is 1. The largest absolute Gasteiger partial charge is 0.459 e. The Kier molecular flexibility index (Phi) is 3.06. The molecule has 0 aliphatic carbocycles. The number of aryl methyl sites for hydroxylation is 1. The van der Waals surface area contributed by atoms with Gasteiger partial charge in [-0.05, 0) is 30.7 Å². The predicted molar refractivity (Wildman–Crippen MR) is 69.1 cm³/mol. The van der Waals surface area contributed by atoms with Crippen LogP contribution in [0.4, 0.5) is 4.39 Å². The number of benzene rings is 1. The molecule has 1 N–H and O–H groups in total. The van der Waals surface area contributed by atoms with Crippen molar-refractivity contribution in [3.63, 3.8) is 0 Å². The van der Waals surface area contributed by atoms with Crippen LogP contribution in [0.1, 0.15) is 11.3 Å². The Morgan fingerprint density at radius 2 is 2.11 bits per heavy atom. The maximum atomic E-state index is 13.2. The minimum absolute atomic E-state index is 0.208. The summed E-state index contributed by atoms with van der Waals surface area (Å²) in [4.78, 5) is 2.36. The molecule has 2 heterocycles. The lowest BCUT2D eigenvalue weighted by Gasteiger charge is -2.26. The minimum Gasteiger partial charge on any atom is -0.459 e. The summed E-state index contributed by atoms with van der Waals surface area (Å²) in [5.74, 6) is 0.748. The molecule has 1 aliphatic rings. The lowest BCUT2D eigenvalue weighted by atomic mass is 10.1. The number of piperazine rings is 1. The number of furan rings is 1.